The molecular weight excluding hydrogens is 220 g/mol. The van der Waals surface area contributed by atoms with Crippen LogP contribution in [-0.2, 0) is 0 Å². The van der Waals surface area contributed by atoms with Gasteiger partial charge < -0.3 is 0 Å². The van der Waals surface area contributed by atoms with E-state index in [0.717, 1.165) is 0 Å². The van der Waals surface area contributed by atoms with E-state index in [1.807, 2.05) is 29.6 Å². The molecule has 0 fully saturated rings. The van der Waals surface area contributed by atoms with E-state index >= 15 is 0 Å². The molecule has 1 aromatic carbocycles. The lowest BCUT2D eigenvalue weighted by atomic mass is 10.2. The molecule has 1 aromatic rings. The van der Waals surface area contributed by atoms with Gasteiger partial charge in [0, 0.05) is 15.4 Å². The van der Waals surface area contributed by atoms with Crippen molar-refractivity contribution in [3.05, 3.63) is 53.3 Å². The molecule has 0 radical (unpaired) electrons. The van der Waals surface area contributed by atoms with Gasteiger partial charge in [-0.3, -0.25) is 0 Å². The van der Waals surface area contributed by atoms with Crippen molar-refractivity contribution in [2.75, 3.05) is 0 Å². The number of fused-ring (bicyclic) bond motifs is 1. The molecule has 74 valence electrons. The third kappa shape index (κ3) is 1.69. The molecule has 2 aliphatic rings. The van der Waals surface area contributed by atoms with Crippen LogP contribution in [0.5, 0.6) is 0 Å². The van der Waals surface area contributed by atoms with Crippen LogP contribution in [0.2, 0.25) is 0 Å². The average molecular weight is 230 g/mol. The lowest BCUT2D eigenvalue weighted by molar-refractivity contribution is 1.23. The van der Waals surface area contributed by atoms with Gasteiger partial charge in [0.15, 0.2) is 0 Å². The van der Waals surface area contributed by atoms with Crippen LogP contribution in [0.4, 0.5) is 0 Å². The van der Waals surface area contributed by atoms with E-state index in [2.05, 4.69) is 43.0 Å². The normalized spacial score (nSPS) is 21.9. The Labute approximate surface area is 98.2 Å². The first-order valence-corrected chi connectivity index (χ1v) is 6.66. The molecule has 3 rings (SSSR count). The number of allylic oxidation sites excluding steroid dienone is 2. The molecule has 15 heavy (non-hydrogen) atoms. The summed E-state index contributed by atoms with van der Waals surface area (Å²) >= 11 is 3.87. The van der Waals surface area contributed by atoms with Crippen LogP contribution in [0.3, 0.4) is 0 Å². The van der Waals surface area contributed by atoms with Gasteiger partial charge in [-0.1, -0.05) is 12.1 Å². The predicted molar refractivity (Wildman–Crippen MR) is 67.4 cm³/mol. The van der Waals surface area contributed by atoms with Crippen LogP contribution >= 0.6 is 23.5 Å². The quantitative estimate of drug-likeness (QED) is 0.664. The first-order valence-electron chi connectivity index (χ1n) is 4.90. The van der Waals surface area contributed by atoms with Gasteiger partial charge >= 0.3 is 0 Å². The molecule has 0 nitrogen and oxygen atoms in total. The Morgan fingerprint density at radius 1 is 1.20 bits per heavy atom. The minimum Gasteiger partial charge on any atom is -0.115 e. The summed E-state index contributed by atoms with van der Waals surface area (Å²) < 4.78 is 0.497. The molecule has 0 saturated carbocycles. The molecule has 1 heterocycles. The van der Waals surface area contributed by atoms with Gasteiger partial charge in [-0.2, -0.15) is 0 Å². The van der Waals surface area contributed by atoms with Crippen LogP contribution < -0.4 is 0 Å². The average Bonchev–Trinajstić information content (AvgIpc) is 2.84. The zero-order valence-corrected chi connectivity index (χ0v) is 9.99. The van der Waals surface area contributed by atoms with Gasteiger partial charge in [0.1, 0.15) is 0 Å². The van der Waals surface area contributed by atoms with Gasteiger partial charge in [-0.15, -0.1) is 29.3 Å². The molecule has 0 spiro atoms. The SMILES string of the molecule is Cc1ccc2c(c1)SC(C1=C=CC=C1)S2. The first-order chi connectivity index (χ1) is 7.33. The fourth-order valence-corrected chi connectivity index (χ4v) is 4.55. The maximum absolute atomic E-state index is 3.29. The molecule has 0 bridgehead atoms. The van der Waals surface area contributed by atoms with Crippen molar-refractivity contribution in [2.24, 2.45) is 0 Å². The predicted octanol–water partition coefficient (Wildman–Crippen LogP) is 4.17. The highest BCUT2D eigenvalue weighted by Gasteiger charge is 2.25. The standard InChI is InChI=1S/C13H10S2/c1-9-6-7-11-12(8-9)15-13(14-11)10-4-2-3-5-10/h2-4,6-8,13H,1H3. The van der Waals surface area contributed by atoms with Crippen molar-refractivity contribution in [1.82, 2.24) is 0 Å². The Morgan fingerprint density at radius 2 is 2.07 bits per heavy atom. The number of hydrogen-bond donors (Lipinski definition) is 0. The van der Waals surface area contributed by atoms with Crippen molar-refractivity contribution >= 4 is 23.5 Å². The summed E-state index contributed by atoms with van der Waals surface area (Å²) in [4.78, 5) is 2.82. The number of hydrogen-bond acceptors (Lipinski definition) is 2. The summed E-state index contributed by atoms with van der Waals surface area (Å²) in [6.45, 7) is 2.15. The van der Waals surface area contributed by atoms with Crippen molar-refractivity contribution in [3.8, 4) is 0 Å². The molecule has 1 unspecified atom stereocenters. The zero-order valence-electron chi connectivity index (χ0n) is 8.36. The maximum Gasteiger partial charge on any atom is 0.0917 e. The second-order valence-corrected chi connectivity index (χ2v) is 6.24. The highest BCUT2D eigenvalue weighted by molar-refractivity contribution is 8.19. The van der Waals surface area contributed by atoms with Gasteiger partial charge in [0.05, 0.1) is 4.58 Å². The van der Waals surface area contributed by atoms with Crippen LogP contribution in [-0.4, -0.2) is 4.58 Å². The highest BCUT2D eigenvalue weighted by Crippen LogP contribution is 2.51. The molecule has 2 heteroatoms. The molecule has 0 aromatic heterocycles. The van der Waals surface area contributed by atoms with E-state index in [0.29, 0.717) is 4.58 Å². The fraction of sp³-hybridized carbons (Fsp3) is 0.154. The van der Waals surface area contributed by atoms with Crippen LogP contribution in [0.25, 0.3) is 0 Å². The molecule has 0 amide bonds. The van der Waals surface area contributed by atoms with E-state index in [9.17, 15) is 0 Å². The van der Waals surface area contributed by atoms with Gasteiger partial charge in [-0.05, 0) is 36.8 Å². The van der Waals surface area contributed by atoms with E-state index < -0.39 is 0 Å². The first kappa shape index (κ1) is 9.41. The third-order valence-electron chi connectivity index (χ3n) is 2.44. The summed E-state index contributed by atoms with van der Waals surface area (Å²) in [5.41, 5.74) is 5.93. The molecule has 0 saturated heterocycles. The number of thioether (sulfide) groups is 2. The maximum atomic E-state index is 3.29. The largest absolute Gasteiger partial charge is 0.115 e. The Balaban J connectivity index is 1.92. The lowest BCUT2D eigenvalue weighted by Crippen LogP contribution is -1.91. The van der Waals surface area contributed by atoms with Gasteiger partial charge in [0.2, 0.25) is 0 Å². The Hall–Kier alpha value is -0.820. The van der Waals surface area contributed by atoms with Crippen LogP contribution in [0.15, 0.2) is 57.5 Å². The summed E-state index contributed by atoms with van der Waals surface area (Å²) in [6, 6.07) is 6.69. The molecule has 0 N–H and O–H groups in total. The van der Waals surface area contributed by atoms with Crippen LogP contribution in [0.1, 0.15) is 5.56 Å². The second-order valence-electron chi connectivity index (χ2n) is 3.64. The second kappa shape index (κ2) is 3.64. The third-order valence-corrected chi connectivity index (χ3v) is 5.29. The number of benzene rings is 1. The molecule has 1 aliphatic heterocycles. The number of rotatable bonds is 1. The van der Waals surface area contributed by atoms with E-state index in [1.54, 1.807) is 0 Å². The van der Waals surface area contributed by atoms with Crippen molar-refractivity contribution < 1.29 is 0 Å². The Bertz CT molecular complexity index is 505. The molecule has 1 atom stereocenters. The van der Waals surface area contributed by atoms with E-state index in [1.165, 1.54) is 20.9 Å². The smallest absolute Gasteiger partial charge is 0.0917 e. The molecule has 1 aliphatic carbocycles. The summed E-state index contributed by atoms with van der Waals surface area (Å²) in [5.74, 6) is 0. The van der Waals surface area contributed by atoms with Crippen molar-refractivity contribution in [3.63, 3.8) is 0 Å². The monoisotopic (exact) mass is 230 g/mol. The summed E-state index contributed by atoms with van der Waals surface area (Å²) in [6.07, 6.45) is 6.21. The zero-order chi connectivity index (χ0) is 10.3. The van der Waals surface area contributed by atoms with Gasteiger partial charge in [-0.25, -0.2) is 0 Å². The topological polar surface area (TPSA) is 0 Å². The van der Waals surface area contributed by atoms with E-state index in [4.69, 9.17) is 0 Å². The van der Waals surface area contributed by atoms with Crippen molar-refractivity contribution in [2.45, 2.75) is 21.3 Å². The fourth-order valence-electron chi connectivity index (χ4n) is 1.68. The van der Waals surface area contributed by atoms with E-state index in [-0.39, 0.29) is 0 Å². The van der Waals surface area contributed by atoms with Gasteiger partial charge in [0.25, 0.3) is 0 Å². The number of aryl methyl sites for hydroxylation is 1. The summed E-state index contributed by atoms with van der Waals surface area (Å²) in [5, 5.41) is 0. The minimum atomic E-state index is 0.497. The van der Waals surface area contributed by atoms with Crippen molar-refractivity contribution in [1.29, 1.82) is 0 Å². The lowest BCUT2D eigenvalue weighted by Gasteiger charge is -2.04. The minimum absolute atomic E-state index is 0.497. The summed E-state index contributed by atoms with van der Waals surface area (Å²) in [7, 11) is 0. The molecular formula is C13H10S2. The van der Waals surface area contributed by atoms with Crippen LogP contribution in [0, 0.1) is 6.92 Å². The Kier molecular flexibility index (Phi) is 2.28. The Morgan fingerprint density at radius 3 is 2.87 bits per heavy atom. The highest BCUT2D eigenvalue weighted by atomic mass is 32.2.